The summed E-state index contributed by atoms with van der Waals surface area (Å²) in [7, 11) is 0. The lowest BCUT2D eigenvalue weighted by Gasteiger charge is -2.15. The van der Waals surface area contributed by atoms with Crippen LogP contribution in [0, 0.1) is 5.92 Å². The lowest BCUT2D eigenvalue weighted by molar-refractivity contribution is -0.141. The van der Waals surface area contributed by atoms with Gasteiger partial charge in [0.25, 0.3) is 0 Å². The van der Waals surface area contributed by atoms with E-state index in [9.17, 15) is 9.59 Å². The van der Waals surface area contributed by atoms with Gasteiger partial charge in [0.05, 0.1) is 5.92 Å². The Labute approximate surface area is 107 Å². The summed E-state index contributed by atoms with van der Waals surface area (Å²) in [6, 6.07) is 0.0581. The maximum atomic E-state index is 11.8. The second-order valence-corrected chi connectivity index (χ2v) is 5.40. The first-order chi connectivity index (χ1) is 8.65. The molecule has 2 rings (SSSR count). The maximum absolute atomic E-state index is 11.8. The highest BCUT2D eigenvalue weighted by Crippen LogP contribution is 2.26. The van der Waals surface area contributed by atoms with Gasteiger partial charge in [-0.3, -0.25) is 9.59 Å². The highest BCUT2D eigenvalue weighted by Gasteiger charge is 2.30. The first kappa shape index (κ1) is 13.1. The fraction of sp³-hybridized carbons (Fsp3) is 0.714. The number of hydrogen-bond acceptors (Lipinski definition) is 2. The zero-order chi connectivity index (χ0) is 13.0. The summed E-state index contributed by atoms with van der Waals surface area (Å²) in [4.78, 5) is 22.7. The van der Waals surface area contributed by atoms with Gasteiger partial charge in [0.15, 0.2) is 0 Å². The number of allylic oxidation sites excluding steroid dienone is 1. The van der Waals surface area contributed by atoms with E-state index in [1.54, 1.807) is 0 Å². The molecule has 2 aliphatic rings. The van der Waals surface area contributed by atoms with E-state index in [1.807, 2.05) is 0 Å². The molecule has 0 heterocycles. The van der Waals surface area contributed by atoms with E-state index in [0.717, 1.165) is 19.3 Å². The van der Waals surface area contributed by atoms with E-state index < -0.39 is 5.97 Å². The molecule has 4 nitrogen and oxygen atoms in total. The molecule has 0 spiro atoms. The molecule has 0 bridgehead atoms. The van der Waals surface area contributed by atoms with Crippen molar-refractivity contribution in [3.63, 3.8) is 0 Å². The van der Waals surface area contributed by atoms with E-state index in [-0.39, 0.29) is 17.9 Å². The van der Waals surface area contributed by atoms with Gasteiger partial charge in [-0.15, -0.1) is 0 Å². The van der Waals surface area contributed by atoms with Crippen LogP contribution in [0.2, 0.25) is 0 Å². The first-order valence-electron chi connectivity index (χ1n) is 6.85. The van der Waals surface area contributed by atoms with Crippen molar-refractivity contribution in [2.24, 2.45) is 5.92 Å². The van der Waals surface area contributed by atoms with Crippen molar-refractivity contribution < 1.29 is 14.7 Å². The minimum Gasteiger partial charge on any atom is -0.481 e. The molecule has 1 saturated carbocycles. The number of carboxylic acids is 1. The van der Waals surface area contributed by atoms with Gasteiger partial charge in [0.2, 0.25) is 5.91 Å². The van der Waals surface area contributed by atoms with Crippen molar-refractivity contribution in [1.29, 1.82) is 0 Å². The lowest BCUT2D eigenvalue weighted by atomic mass is 9.97. The third-order valence-electron chi connectivity index (χ3n) is 3.92. The highest BCUT2D eigenvalue weighted by molar-refractivity contribution is 5.79. The van der Waals surface area contributed by atoms with Gasteiger partial charge < -0.3 is 10.4 Å². The number of amides is 1. The SMILES string of the molecule is O=C(CC1=CCCCC1)NC1CCC(C(=O)O)C1. The van der Waals surface area contributed by atoms with E-state index in [1.165, 1.54) is 18.4 Å². The van der Waals surface area contributed by atoms with Crippen molar-refractivity contribution >= 4 is 11.9 Å². The van der Waals surface area contributed by atoms with Gasteiger partial charge >= 0.3 is 5.97 Å². The molecule has 18 heavy (non-hydrogen) atoms. The van der Waals surface area contributed by atoms with E-state index >= 15 is 0 Å². The topological polar surface area (TPSA) is 66.4 Å². The van der Waals surface area contributed by atoms with Crippen LogP contribution in [0.15, 0.2) is 11.6 Å². The lowest BCUT2D eigenvalue weighted by Crippen LogP contribution is -2.33. The van der Waals surface area contributed by atoms with Gasteiger partial charge in [-0.1, -0.05) is 11.6 Å². The molecule has 4 heteroatoms. The third-order valence-corrected chi connectivity index (χ3v) is 3.92. The van der Waals surface area contributed by atoms with Crippen LogP contribution in [0.25, 0.3) is 0 Å². The van der Waals surface area contributed by atoms with Crippen molar-refractivity contribution in [2.45, 2.75) is 57.4 Å². The Morgan fingerprint density at radius 3 is 2.78 bits per heavy atom. The number of rotatable bonds is 4. The summed E-state index contributed by atoms with van der Waals surface area (Å²) in [5.74, 6) is -0.954. The molecule has 0 aromatic carbocycles. The van der Waals surface area contributed by atoms with Crippen LogP contribution in [0.1, 0.15) is 51.4 Å². The molecule has 0 saturated heterocycles. The van der Waals surface area contributed by atoms with Crippen LogP contribution in [-0.4, -0.2) is 23.0 Å². The van der Waals surface area contributed by atoms with Crippen LogP contribution >= 0.6 is 0 Å². The molecule has 1 amide bonds. The van der Waals surface area contributed by atoms with Crippen LogP contribution in [0.4, 0.5) is 0 Å². The molecule has 0 aliphatic heterocycles. The Morgan fingerprint density at radius 1 is 1.33 bits per heavy atom. The second-order valence-electron chi connectivity index (χ2n) is 5.40. The van der Waals surface area contributed by atoms with E-state index in [2.05, 4.69) is 11.4 Å². The molecule has 100 valence electrons. The Balaban J connectivity index is 1.75. The summed E-state index contributed by atoms with van der Waals surface area (Å²) < 4.78 is 0. The normalized spacial score (nSPS) is 27.7. The molecule has 0 aromatic rings. The number of carbonyl (C=O) groups is 2. The van der Waals surface area contributed by atoms with Gasteiger partial charge in [0.1, 0.15) is 0 Å². The minimum atomic E-state index is -0.735. The van der Waals surface area contributed by atoms with Gasteiger partial charge in [-0.05, 0) is 44.9 Å². The largest absolute Gasteiger partial charge is 0.481 e. The maximum Gasteiger partial charge on any atom is 0.306 e. The fourth-order valence-corrected chi connectivity index (χ4v) is 2.89. The molecule has 0 radical (unpaired) electrons. The Hall–Kier alpha value is -1.32. The van der Waals surface area contributed by atoms with Crippen LogP contribution in [0.5, 0.6) is 0 Å². The molecule has 2 aliphatic carbocycles. The second kappa shape index (κ2) is 6.03. The van der Waals surface area contributed by atoms with Crippen LogP contribution < -0.4 is 5.32 Å². The van der Waals surface area contributed by atoms with E-state index in [0.29, 0.717) is 19.3 Å². The minimum absolute atomic E-state index is 0.0548. The summed E-state index contributed by atoms with van der Waals surface area (Å²) in [6.07, 6.45) is 9.28. The predicted molar refractivity (Wildman–Crippen MR) is 68.1 cm³/mol. The molecular formula is C14H21NO3. The van der Waals surface area contributed by atoms with Crippen molar-refractivity contribution in [1.82, 2.24) is 5.32 Å². The summed E-state index contributed by atoms with van der Waals surface area (Å²) in [5.41, 5.74) is 1.24. The Morgan fingerprint density at radius 2 is 2.17 bits per heavy atom. The molecule has 1 fully saturated rings. The zero-order valence-corrected chi connectivity index (χ0v) is 10.7. The monoisotopic (exact) mass is 251 g/mol. The number of aliphatic carboxylic acids is 1. The molecule has 2 unspecified atom stereocenters. The molecule has 2 atom stereocenters. The van der Waals surface area contributed by atoms with Crippen molar-refractivity contribution in [3.8, 4) is 0 Å². The van der Waals surface area contributed by atoms with Gasteiger partial charge in [0, 0.05) is 12.5 Å². The summed E-state index contributed by atoms with van der Waals surface area (Å²) >= 11 is 0. The van der Waals surface area contributed by atoms with Gasteiger partial charge in [-0.2, -0.15) is 0 Å². The zero-order valence-electron chi connectivity index (χ0n) is 10.7. The molecule has 2 N–H and O–H groups in total. The van der Waals surface area contributed by atoms with E-state index in [4.69, 9.17) is 5.11 Å². The number of carboxylic acid groups (broad SMARTS) is 1. The van der Waals surface area contributed by atoms with Crippen LogP contribution in [0.3, 0.4) is 0 Å². The van der Waals surface area contributed by atoms with Crippen molar-refractivity contribution in [2.75, 3.05) is 0 Å². The number of nitrogens with one attached hydrogen (secondary N) is 1. The Bertz CT molecular complexity index is 362. The predicted octanol–water partition coefficient (Wildman–Crippen LogP) is 2.25. The van der Waals surface area contributed by atoms with Gasteiger partial charge in [-0.25, -0.2) is 0 Å². The standard InChI is InChI=1S/C14H21NO3/c16-13(8-10-4-2-1-3-5-10)15-12-7-6-11(9-12)14(17)18/h4,11-12H,1-3,5-9H2,(H,15,16)(H,17,18). The molecular weight excluding hydrogens is 230 g/mol. The third kappa shape index (κ3) is 3.59. The average molecular weight is 251 g/mol. The summed E-state index contributed by atoms with van der Waals surface area (Å²) in [5, 5.41) is 11.9. The first-order valence-corrected chi connectivity index (χ1v) is 6.85. The van der Waals surface area contributed by atoms with Crippen LogP contribution in [-0.2, 0) is 9.59 Å². The average Bonchev–Trinajstić information content (AvgIpc) is 2.78. The number of hydrogen-bond donors (Lipinski definition) is 2. The summed E-state index contributed by atoms with van der Waals surface area (Å²) in [6.45, 7) is 0. The molecule has 0 aromatic heterocycles. The quantitative estimate of drug-likeness (QED) is 0.753. The number of carbonyl (C=O) groups excluding carboxylic acids is 1. The van der Waals surface area contributed by atoms with Crippen molar-refractivity contribution in [3.05, 3.63) is 11.6 Å². The Kier molecular flexibility index (Phi) is 4.39. The smallest absolute Gasteiger partial charge is 0.306 e. The fourth-order valence-electron chi connectivity index (χ4n) is 2.89. The highest BCUT2D eigenvalue weighted by atomic mass is 16.4.